The summed E-state index contributed by atoms with van der Waals surface area (Å²) in [6, 6.07) is 2.40. The topological polar surface area (TPSA) is 47.9 Å². The lowest BCUT2D eigenvalue weighted by molar-refractivity contribution is 0.495. The van der Waals surface area contributed by atoms with Gasteiger partial charge >= 0.3 is 0 Å². The van der Waals surface area contributed by atoms with Crippen molar-refractivity contribution in [1.29, 1.82) is 5.26 Å². The second-order valence-electron chi connectivity index (χ2n) is 3.10. The molecule has 0 aliphatic carbocycles. The molecule has 2 aliphatic heterocycles. The molecule has 2 aliphatic rings. The third-order valence-electron chi connectivity index (χ3n) is 2.56. The van der Waals surface area contributed by atoms with E-state index in [1.807, 2.05) is 0 Å². The molecule has 0 radical (unpaired) electrons. The lowest BCUT2D eigenvalue weighted by Crippen LogP contribution is -2.28. The van der Waals surface area contributed by atoms with E-state index in [2.05, 4.69) is 16.7 Å². The molecule has 0 aromatic carbocycles. The number of rotatable bonds is 0. The molecule has 54 valence electrons. The highest BCUT2D eigenvalue weighted by Crippen LogP contribution is 2.24. The third kappa shape index (κ3) is 0.731. The maximum Gasteiger partial charge on any atom is 0.0997 e. The summed E-state index contributed by atoms with van der Waals surface area (Å²) in [7, 11) is 0. The van der Waals surface area contributed by atoms with E-state index in [0.717, 1.165) is 19.6 Å². The normalized spacial score (nSPS) is 44.9. The lowest BCUT2D eigenvalue weighted by atomic mass is 9.95. The summed E-state index contributed by atoms with van der Waals surface area (Å²) in [5.41, 5.74) is 0. The molecule has 3 unspecified atom stereocenters. The molecule has 0 aromatic heterocycles. The largest absolute Gasteiger partial charge is 0.316 e. The standard InChI is InChI=1S/C7H11N3/c8-1-7-6-4-9-2-5(6)3-10-7/h5-7,9-10H,2-4H2. The summed E-state index contributed by atoms with van der Waals surface area (Å²) < 4.78 is 0. The Morgan fingerprint density at radius 2 is 2.20 bits per heavy atom. The van der Waals surface area contributed by atoms with Crippen LogP contribution in [0.1, 0.15) is 0 Å². The van der Waals surface area contributed by atoms with Gasteiger partial charge in [-0.2, -0.15) is 5.26 Å². The number of fused-ring (bicyclic) bond motifs is 1. The van der Waals surface area contributed by atoms with Crippen LogP contribution in [0.15, 0.2) is 0 Å². The molecule has 3 atom stereocenters. The van der Waals surface area contributed by atoms with Gasteiger partial charge < -0.3 is 10.6 Å². The first-order valence-electron chi connectivity index (χ1n) is 3.75. The second kappa shape index (κ2) is 2.22. The Labute approximate surface area is 60.4 Å². The van der Waals surface area contributed by atoms with Crippen LogP contribution in [0, 0.1) is 23.2 Å². The molecule has 10 heavy (non-hydrogen) atoms. The van der Waals surface area contributed by atoms with Crippen molar-refractivity contribution in [3.05, 3.63) is 0 Å². The number of hydrogen-bond donors (Lipinski definition) is 2. The number of nitrogens with one attached hydrogen (secondary N) is 2. The van der Waals surface area contributed by atoms with E-state index in [4.69, 9.17) is 5.26 Å². The zero-order chi connectivity index (χ0) is 6.97. The number of nitrogens with zero attached hydrogens (tertiary/aromatic N) is 1. The molecule has 0 bridgehead atoms. The monoisotopic (exact) mass is 137 g/mol. The van der Waals surface area contributed by atoms with Gasteiger partial charge in [-0.15, -0.1) is 0 Å². The van der Waals surface area contributed by atoms with Crippen LogP contribution in [0.2, 0.25) is 0 Å². The first-order valence-corrected chi connectivity index (χ1v) is 3.75. The van der Waals surface area contributed by atoms with E-state index in [-0.39, 0.29) is 6.04 Å². The van der Waals surface area contributed by atoms with Crippen molar-refractivity contribution in [2.75, 3.05) is 19.6 Å². The highest BCUT2D eigenvalue weighted by molar-refractivity contribution is 5.06. The first-order chi connectivity index (χ1) is 4.92. The second-order valence-corrected chi connectivity index (χ2v) is 3.10. The van der Waals surface area contributed by atoms with Crippen LogP contribution in [0.25, 0.3) is 0 Å². The van der Waals surface area contributed by atoms with Crippen molar-refractivity contribution in [1.82, 2.24) is 10.6 Å². The average molecular weight is 137 g/mol. The quantitative estimate of drug-likeness (QED) is 0.465. The van der Waals surface area contributed by atoms with Gasteiger partial charge in [-0.05, 0) is 12.5 Å². The van der Waals surface area contributed by atoms with Crippen LogP contribution in [-0.2, 0) is 0 Å². The Bertz CT molecular complexity index is 172. The van der Waals surface area contributed by atoms with Gasteiger partial charge in [-0.25, -0.2) is 0 Å². The van der Waals surface area contributed by atoms with E-state index in [9.17, 15) is 0 Å². The van der Waals surface area contributed by atoms with Crippen molar-refractivity contribution in [3.63, 3.8) is 0 Å². The van der Waals surface area contributed by atoms with Gasteiger partial charge in [0.05, 0.1) is 12.1 Å². The predicted octanol–water partition coefficient (Wildman–Crippen LogP) is -0.683. The molecule has 3 heteroatoms. The summed E-state index contributed by atoms with van der Waals surface area (Å²) in [5, 5.41) is 15.2. The van der Waals surface area contributed by atoms with Crippen LogP contribution < -0.4 is 10.6 Å². The van der Waals surface area contributed by atoms with Crippen molar-refractivity contribution < 1.29 is 0 Å². The van der Waals surface area contributed by atoms with Gasteiger partial charge in [0.1, 0.15) is 0 Å². The fraction of sp³-hybridized carbons (Fsp3) is 0.857. The summed E-state index contributed by atoms with van der Waals surface area (Å²) >= 11 is 0. The minimum absolute atomic E-state index is 0.111. The predicted molar refractivity (Wildman–Crippen MR) is 37.3 cm³/mol. The highest BCUT2D eigenvalue weighted by Gasteiger charge is 2.38. The van der Waals surface area contributed by atoms with E-state index in [1.165, 1.54) is 0 Å². The number of hydrogen-bond acceptors (Lipinski definition) is 3. The molecular weight excluding hydrogens is 126 g/mol. The van der Waals surface area contributed by atoms with E-state index in [0.29, 0.717) is 11.8 Å². The first kappa shape index (κ1) is 6.14. The maximum absolute atomic E-state index is 8.67. The van der Waals surface area contributed by atoms with E-state index in [1.54, 1.807) is 0 Å². The SMILES string of the molecule is N#CC1NCC2CNCC21. The van der Waals surface area contributed by atoms with Crippen LogP contribution >= 0.6 is 0 Å². The smallest absolute Gasteiger partial charge is 0.0997 e. The zero-order valence-electron chi connectivity index (χ0n) is 5.80. The van der Waals surface area contributed by atoms with Crippen LogP contribution in [0.3, 0.4) is 0 Å². The molecular formula is C7H11N3. The summed E-state index contributed by atoms with van der Waals surface area (Å²) in [6.45, 7) is 3.14. The van der Waals surface area contributed by atoms with Crippen LogP contribution in [0.4, 0.5) is 0 Å². The van der Waals surface area contributed by atoms with Gasteiger partial charge in [-0.1, -0.05) is 0 Å². The minimum atomic E-state index is 0.111. The van der Waals surface area contributed by atoms with Crippen LogP contribution in [0.5, 0.6) is 0 Å². The molecule has 2 fully saturated rings. The Hall–Kier alpha value is -0.590. The van der Waals surface area contributed by atoms with Gasteiger partial charge in [-0.3, -0.25) is 0 Å². The van der Waals surface area contributed by atoms with E-state index >= 15 is 0 Å². The summed E-state index contributed by atoms with van der Waals surface area (Å²) in [5.74, 6) is 1.29. The Balaban J connectivity index is 2.10. The Morgan fingerprint density at radius 3 is 3.00 bits per heavy atom. The maximum atomic E-state index is 8.67. The molecule has 2 saturated heterocycles. The van der Waals surface area contributed by atoms with Crippen molar-refractivity contribution in [2.24, 2.45) is 11.8 Å². The lowest BCUT2D eigenvalue weighted by Gasteiger charge is -2.07. The average Bonchev–Trinajstić information content (AvgIpc) is 2.44. The number of nitriles is 1. The van der Waals surface area contributed by atoms with Gasteiger partial charge in [0, 0.05) is 19.0 Å². The Morgan fingerprint density at radius 1 is 1.30 bits per heavy atom. The molecule has 0 spiro atoms. The van der Waals surface area contributed by atoms with Crippen LogP contribution in [-0.4, -0.2) is 25.7 Å². The minimum Gasteiger partial charge on any atom is -0.316 e. The van der Waals surface area contributed by atoms with Gasteiger partial charge in [0.15, 0.2) is 0 Å². The molecule has 2 N–H and O–H groups in total. The van der Waals surface area contributed by atoms with Crippen molar-refractivity contribution in [2.45, 2.75) is 6.04 Å². The third-order valence-corrected chi connectivity index (χ3v) is 2.56. The molecule has 0 saturated carbocycles. The summed E-state index contributed by atoms with van der Waals surface area (Å²) in [6.07, 6.45) is 0. The van der Waals surface area contributed by atoms with Gasteiger partial charge in [0.2, 0.25) is 0 Å². The van der Waals surface area contributed by atoms with Crippen molar-refractivity contribution >= 4 is 0 Å². The van der Waals surface area contributed by atoms with E-state index < -0.39 is 0 Å². The summed E-state index contributed by atoms with van der Waals surface area (Å²) in [4.78, 5) is 0. The molecule has 3 nitrogen and oxygen atoms in total. The fourth-order valence-electron chi connectivity index (χ4n) is 1.94. The highest BCUT2D eigenvalue weighted by atomic mass is 15.0. The Kier molecular flexibility index (Phi) is 1.37. The van der Waals surface area contributed by atoms with Crippen molar-refractivity contribution in [3.8, 4) is 6.07 Å². The molecule has 0 amide bonds. The molecule has 2 rings (SSSR count). The fourth-order valence-corrected chi connectivity index (χ4v) is 1.94. The molecule has 0 aromatic rings. The molecule has 2 heterocycles. The van der Waals surface area contributed by atoms with Gasteiger partial charge in [0.25, 0.3) is 0 Å². The zero-order valence-corrected chi connectivity index (χ0v) is 5.80.